The van der Waals surface area contributed by atoms with Gasteiger partial charge >= 0.3 is 5.97 Å². The lowest BCUT2D eigenvalue weighted by atomic mass is 10.1. The summed E-state index contributed by atoms with van der Waals surface area (Å²) in [7, 11) is 0. The van der Waals surface area contributed by atoms with Crippen LogP contribution in [0, 0.1) is 0 Å². The number of hydrogen-bond donors (Lipinski definition) is 2. The van der Waals surface area contributed by atoms with Gasteiger partial charge in [0.1, 0.15) is 11.6 Å². The van der Waals surface area contributed by atoms with E-state index in [9.17, 15) is 9.59 Å². The number of esters is 1. The lowest BCUT2D eigenvalue weighted by Crippen LogP contribution is -2.37. The van der Waals surface area contributed by atoms with Crippen LogP contribution in [0.3, 0.4) is 0 Å². The first-order valence-corrected chi connectivity index (χ1v) is 8.15. The third-order valence-corrected chi connectivity index (χ3v) is 3.23. The van der Waals surface area contributed by atoms with Crippen LogP contribution in [-0.4, -0.2) is 30.1 Å². The van der Waals surface area contributed by atoms with Gasteiger partial charge in [0.15, 0.2) is 0 Å². The van der Waals surface area contributed by atoms with E-state index in [-0.39, 0.29) is 5.91 Å². The Bertz CT molecular complexity index is 631. The van der Waals surface area contributed by atoms with E-state index in [1.807, 2.05) is 0 Å². The molecule has 25 heavy (non-hydrogen) atoms. The molecule has 0 saturated carbocycles. The molecule has 0 bridgehead atoms. The highest BCUT2D eigenvalue weighted by Crippen LogP contribution is 2.13. The summed E-state index contributed by atoms with van der Waals surface area (Å²) in [6.45, 7) is 5.88. The van der Waals surface area contributed by atoms with E-state index < -0.39 is 17.6 Å². The molecule has 1 aromatic carbocycles. The van der Waals surface area contributed by atoms with Gasteiger partial charge in [0.2, 0.25) is 0 Å². The number of azide groups is 1. The predicted molar refractivity (Wildman–Crippen MR) is 95.3 cm³/mol. The van der Waals surface area contributed by atoms with Gasteiger partial charge in [-0.1, -0.05) is 17.2 Å². The first kappa shape index (κ1) is 20.5. The predicted octanol–water partition coefficient (Wildman–Crippen LogP) is 3.20. The van der Waals surface area contributed by atoms with Gasteiger partial charge in [-0.05, 0) is 57.7 Å². The number of amides is 1. The quantitative estimate of drug-likeness (QED) is 0.246. The van der Waals surface area contributed by atoms with Crippen molar-refractivity contribution in [3.05, 3.63) is 40.3 Å². The molecular formula is C17H25N5O3. The second kappa shape index (κ2) is 9.66. The van der Waals surface area contributed by atoms with Crippen LogP contribution in [0.4, 0.5) is 5.69 Å². The fraction of sp³-hybridized carbons (Fsp3) is 0.529. The zero-order valence-electron chi connectivity index (χ0n) is 14.9. The topological polar surface area (TPSA) is 130 Å². The zero-order valence-corrected chi connectivity index (χ0v) is 14.9. The number of carbonyl (C=O) groups is 2. The summed E-state index contributed by atoms with van der Waals surface area (Å²) in [4.78, 5) is 26.4. The SMILES string of the molecule is CC(C)(C)OC(=O)[C@@H](N)CCCCNC(=O)c1ccc(N=[N+]=[N-])cc1. The van der Waals surface area contributed by atoms with E-state index >= 15 is 0 Å². The Balaban J connectivity index is 2.27. The summed E-state index contributed by atoms with van der Waals surface area (Å²) in [6.07, 6.45) is 1.92. The molecule has 8 nitrogen and oxygen atoms in total. The van der Waals surface area contributed by atoms with Crippen LogP contribution in [0.2, 0.25) is 0 Å². The summed E-state index contributed by atoms with van der Waals surface area (Å²) in [6, 6.07) is 5.70. The standard InChI is InChI=1S/C17H25N5O3/c1-17(2,3)25-16(24)14(18)6-4-5-11-20-15(23)12-7-9-13(10-8-12)21-22-19/h7-10,14H,4-6,11,18H2,1-3H3,(H,20,23)/t14-/m0/s1. The van der Waals surface area contributed by atoms with Crippen LogP contribution >= 0.6 is 0 Å². The van der Waals surface area contributed by atoms with E-state index in [1.165, 1.54) is 0 Å². The molecular weight excluding hydrogens is 322 g/mol. The van der Waals surface area contributed by atoms with Crippen LogP contribution in [-0.2, 0) is 9.53 Å². The summed E-state index contributed by atoms with van der Waals surface area (Å²) < 4.78 is 5.22. The van der Waals surface area contributed by atoms with Gasteiger partial charge in [-0.3, -0.25) is 9.59 Å². The number of benzene rings is 1. The molecule has 0 aromatic heterocycles. The fourth-order valence-corrected chi connectivity index (χ4v) is 2.02. The minimum Gasteiger partial charge on any atom is -0.459 e. The molecule has 1 atom stereocenters. The number of ether oxygens (including phenoxy) is 1. The fourth-order valence-electron chi connectivity index (χ4n) is 2.02. The molecule has 3 N–H and O–H groups in total. The van der Waals surface area contributed by atoms with Gasteiger partial charge in [-0.15, -0.1) is 0 Å². The largest absolute Gasteiger partial charge is 0.459 e. The van der Waals surface area contributed by atoms with Crippen molar-refractivity contribution < 1.29 is 14.3 Å². The van der Waals surface area contributed by atoms with E-state index in [2.05, 4.69) is 15.3 Å². The van der Waals surface area contributed by atoms with Gasteiger partial charge in [-0.25, -0.2) is 0 Å². The molecule has 0 saturated heterocycles. The maximum atomic E-state index is 12.0. The molecule has 0 heterocycles. The molecule has 0 unspecified atom stereocenters. The number of hydrogen-bond acceptors (Lipinski definition) is 5. The van der Waals surface area contributed by atoms with E-state index in [0.717, 1.165) is 0 Å². The average Bonchev–Trinajstić information content (AvgIpc) is 2.53. The molecule has 1 rings (SSSR count). The maximum absolute atomic E-state index is 12.0. The Morgan fingerprint density at radius 2 is 1.92 bits per heavy atom. The highest BCUT2D eigenvalue weighted by atomic mass is 16.6. The molecule has 0 aliphatic carbocycles. The van der Waals surface area contributed by atoms with Gasteiger partial charge in [0.25, 0.3) is 5.91 Å². The molecule has 1 amide bonds. The monoisotopic (exact) mass is 347 g/mol. The third-order valence-electron chi connectivity index (χ3n) is 3.23. The van der Waals surface area contributed by atoms with Crippen molar-refractivity contribution in [1.82, 2.24) is 5.32 Å². The zero-order chi connectivity index (χ0) is 18.9. The summed E-state index contributed by atoms with van der Waals surface area (Å²) in [5, 5.41) is 6.24. The van der Waals surface area contributed by atoms with Crippen molar-refractivity contribution in [2.45, 2.75) is 51.7 Å². The molecule has 0 spiro atoms. The second-order valence-electron chi connectivity index (χ2n) is 6.63. The van der Waals surface area contributed by atoms with Crippen molar-refractivity contribution in [3.8, 4) is 0 Å². The van der Waals surface area contributed by atoms with Crippen molar-refractivity contribution in [2.75, 3.05) is 6.54 Å². The molecule has 0 fully saturated rings. The van der Waals surface area contributed by atoms with Gasteiger partial charge in [0, 0.05) is 22.7 Å². The molecule has 8 heteroatoms. The van der Waals surface area contributed by atoms with Gasteiger partial charge < -0.3 is 15.8 Å². The summed E-state index contributed by atoms with van der Waals surface area (Å²) in [5.41, 5.74) is 14.5. The van der Waals surface area contributed by atoms with Crippen LogP contribution < -0.4 is 11.1 Å². The number of nitrogens with two attached hydrogens (primary N) is 1. The van der Waals surface area contributed by atoms with Crippen molar-refractivity contribution in [1.29, 1.82) is 0 Å². The summed E-state index contributed by atoms with van der Waals surface area (Å²) >= 11 is 0. The Morgan fingerprint density at radius 3 is 2.48 bits per heavy atom. The van der Waals surface area contributed by atoms with Gasteiger partial charge in [-0.2, -0.15) is 0 Å². The number of nitrogens with zero attached hydrogens (tertiary/aromatic N) is 3. The van der Waals surface area contributed by atoms with Crippen LogP contribution in [0.25, 0.3) is 10.4 Å². The second-order valence-corrected chi connectivity index (χ2v) is 6.63. The minimum absolute atomic E-state index is 0.205. The van der Waals surface area contributed by atoms with Crippen LogP contribution in [0.5, 0.6) is 0 Å². The Morgan fingerprint density at radius 1 is 1.28 bits per heavy atom. The first-order valence-electron chi connectivity index (χ1n) is 8.15. The van der Waals surface area contributed by atoms with Crippen LogP contribution in [0.15, 0.2) is 29.4 Å². The molecule has 0 radical (unpaired) electrons. The number of nitrogens with one attached hydrogen (secondary N) is 1. The Labute approximate surface area is 147 Å². The first-order chi connectivity index (χ1) is 11.7. The normalized spacial score (nSPS) is 12.0. The Hall–Kier alpha value is -2.57. The van der Waals surface area contributed by atoms with E-state index in [1.54, 1.807) is 45.0 Å². The molecule has 136 valence electrons. The summed E-state index contributed by atoms with van der Waals surface area (Å²) in [5.74, 6) is -0.611. The van der Waals surface area contributed by atoms with Crippen molar-refractivity contribution >= 4 is 17.6 Å². The highest BCUT2D eigenvalue weighted by molar-refractivity contribution is 5.94. The highest BCUT2D eigenvalue weighted by Gasteiger charge is 2.21. The van der Waals surface area contributed by atoms with Crippen molar-refractivity contribution in [2.24, 2.45) is 10.8 Å². The number of carbonyl (C=O) groups excluding carboxylic acids is 2. The number of rotatable bonds is 8. The van der Waals surface area contributed by atoms with E-state index in [0.29, 0.717) is 37.1 Å². The maximum Gasteiger partial charge on any atom is 0.323 e. The molecule has 0 aliphatic heterocycles. The van der Waals surface area contributed by atoms with Gasteiger partial charge in [0.05, 0.1) is 0 Å². The average molecular weight is 347 g/mol. The number of unbranched alkanes of at least 4 members (excludes halogenated alkanes) is 1. The minimum atomic E-state index is -0.650. The van der Waals surface area contributed by atoms with Crippen LogP contribution in [0.1, 0.15) is 50.4 Å². The molecule has 0 aliphatic rings. The Kier molecular flexibility index (Phi) is 7.91. The van der Waals surface area contributed by atoms with Crippen molar-refractivity contribution in [3.63, 3.8) is 0 Å². The smallest absolute Gasteiger partial charge is 0.323 e. The third kappa shape index (κ3) is 8.19. The lowest BCUT2D eigenvalue weighted by Gasteiger charge is -2.22. The molecule has 1 aromatic rings. The van der Waals surface area contributed by atoms with E-state index in [4.69, 9.17) is 16.0 Å². The lowest BCUT2D eigenvalue weighted by molar-refractivity contribution is -0.156.